The number of β-amino-alcohol motifs (C(OH)–C–C–N with tert-alkyl or cyclic N) is 1. The third-order valence-electron chi connectivity index (χ3n) is 2.90. The first-order valence-electron chi connectivity index (χ1n) is 6.20. The van der Waals surface area contributed by atoms with E-state index in [9.17, 15) is 13.5 Å². The summed E-state index contributed by atoms with van der Waals surface area (Å²) >= 11 is 6.70. The summed E-state index contributed by atoms with van der Waals surface area (Å²) in [5.74, 6) is 0. The summed E-state index contributed by atoms with van der Waals surface area (Å²) in [7, 11) is -3.59. The molecule has 2 N–H and O–H groups in total. The zero-order valence-electron chi connectivity index (χ0n) is 10.8. The molecule has 0 saturated carbocycles. The number of thiophene rings is 1. The average Bonchev–Trinajstić information content (AvgIpc) is 2.85. The van der Waals surface area contributed by atoms with Crippen molar-refractivity contribution in [2.75, 3.05) is 39.4 Å². The van der Waals surface area contributed by atoms with Crippen molar-refractivity contribution in [3.63, 3.8) is 0 Å². The van der Waals surface area contributed by atoms with Gasteiger partial charge in [-0.2, -0.15) is 0 Å². The monoisotopic (exact) mass is 340 g/mol. The van der Waals surface area contributed by atoms with Crippen molar-refractivity contribution in [2.45, 2.75) is 10.3 Å². The van der Waals surface area contributed by atoms with E-state index in [1.54, 1.807) is 0 Å². The first-order chi connectivity index (χ1) is 9.47. The van der Waals surface area contributed by atoms with Crippen molar-refractivity contribution in [1.82, 2.24) is 9.62 Å². The zero-order chi connectivity index (χ0) is 14.6. The second-order valence-electron chi connectivity index (χ2n) is 4.48. The molecule has 6 nitrogen and oxygen atoms in total. The Bertz CT molecular complexity index is 528. The highest BCUT2D eigenvalue weighted by molar-refractivity contribution is 7.91. The van der Waals surface area contributed by atoms with Crippen LogP contribution in [0.2, 0.25) is 4.34 Å². The summed E-state index contributed by atoms with van der Waals surface area (Å²) in [6, 6.07) is 2.98. The normalized spacial score (nSPS) is 19.1. The molecular formula is C11H17ClN2O4S2. The molecule has 1 saturated heterocycles. The van der Waals surface area contributed by atoms with Crippen LogP contribution in [-0.4, -0.2) is 63.9 Å². The predicted octanol–water partition coefficient (Wildman–Crippen LogP) is 0.373. The van der Waals surface area contributed by atoms with Crippen molar-refractivity contribution in [2.24, 2.45) is 0 Å². The Balaban J connectivity index is 1.81. The van der Waals surface area contributed by atoms with E-state index in [2.05, 4.69) is 4.72 Å². The Morgan fingerprint density at radius 3 is 2.75 bits per heavy atom. The van der Waals surface area contributed by atoms with Gasteiger partial charge in [-0.05, 0) is 12.1 Å². The summed E-state index contributed by atoms with van der Waals surface area (Å²) in [5, 5.41) is 9.88. The standard InChI is InChI=1S/C11H17ClN2O4S2/c12-10-1-2-11(19-10)20(16,17)13-7-9(15)8-14-3-5-18-6-4-14/h1-2,9,13,15H,3-8H2. The van der Waals surface area contributed by atoms with Crippen LogP contribution in [0.15, 0.2) is 16.3 Å². The highest BCUT2D eigenvalue weighted by atomic mass is 35.5. The lowest BCUT2D eigenvalue weighted by atomic mass is 10.3. The molecule has 1 aromatic rings. The fraction of sp³-hybridized carbons (Fsp3) is 0.636. The number of aliphatic hydroxyl groups is 1. The molecule has 2 rings (SSSR count). The molecule has 1 unspecified atom stereocenters. The number of hydrogen-bond acceptors (Lipinski definition) is 6. The lowest BCUT2D eigenvalue weighted by Crippen LogP contribution is -2.44. The van der Waals surface area contributed by atoms with Crippen LogP contribution < -0.4 is 4.72 Å². The zero-order valence-corrected chi connectivity index (χ0v) is 13.2. The Hall–Kier alpha value is -0.220. The quantitative estimate of drug-likeness (QED) is 0.782. The molecule has 0 spiro atoms. The summed E-state index contributed by atoms with van der Waals surface area (Å²) in [6.45, 7) is 3.21. The third kappa shape index (κ3) is 4.66. The number of sulfonamides is 1. The molecule has 1 aliphatic rings. The maximum absolute atomic E-state index is 11.9. The van der Waals surface area contributed by atoms with Crippen molar-refractivity contribution < 1.29 is 18.3 Å². The number of morpholine rings is 1. The van der Waals surface area contributed by atoms with Crippen LogP contribution in [0.5, 0.6) is 0 Å². The fourth-order valence-corrected chi connectivity index (χ4v) is 4.47. The van der Waals surface area contributed by atoms with Crippen molar-refractivity contribution in [3.8, 4) is 0 Å². The molecule has 0 bridgehead atoms. The first kappa shape index (κ1) is 16.2. The minimum Gasteiger partial charge on any atom is -0.390 e. The number of nitrogens with one attached hydrogen (secondary N) is 1. The molecule has 9 heteroatoms. The van der Waals surface area contributed by atoms with Crippen LogP contribution in [0.25, 0.3) is 0 Å². The molecule has 1 aliphatic heterocycles. The number of halogens is 1. The van der Waals surface area contributed by atoms with Gasteiger partial charge in [0, 0.05) is 26.2 Å². The van der Waals surface area contributed by atoms with Crippen molar-refractivity contribution >= 4 is 33.0 Å². The first-order valence-corrected chi connectivity index (χ1v) is 8.88. The molecule has 1 aromatic heterocycles. The van der Waals surface area contributed by atoms with E-state index in [1.807, 2.05) is 4.90 Å². The van der Waals surface area contributed by atoms with Crippen LogP contribution in [-0.2, 0) is 14.8 Å². The van der Waals surface area contributed by atoms with Gasteiger partial charge in [0.05, 0.1) is 23.7 Å². The van der Waals surface area contributed by atoms with Crippen LogP contribution in [0.1, 0.15) is 0 Å². The second kappa shape index (κ2) is 7.17. The Kier molecular flexibility index (Phi) is 5.79. The summed E-state index contributed by atoms with van der Waals surface area (Å²) < 4.78 is 32.0. The second-order valence-corrected chi connectivity index (χ2v) is 8.19. The van der Waals surface area contributed by atoms with Crippen LogP contribution >= 0.6 is 22.9 Å². The van der Waals surface area contributed by atoms with Gasteiger partial charge in [0.15, 0.2) is 0 Å². The smallest absolute Gasteiger partial charge is 0.250 e. The lowest BCUT2D eigenvalue weighted by molar-refractivity contribution is 0.0158. The minimum atomic E-state index is -3.59. The van der Waals surface area contributed by atoms with E-state index in [1.165, 1.54) is 12.1 Å². The number of aliphatic hydroxyl groups excluding tert-OH is 1. The van der Waals surface area contributed by atoms with Crippen molar-refractivity contribution in [3.05, 3.63) is 16.5 Å². The van der Waals surface area contributed by atoms with E-state index in [0.29, 0.717) is 24.1 Å². The van der Waals surface area contributed by atoms with Gasteiger partial charge in [-0.25, -0.2) is 13.1 Å². The minimum absolute atomic E-state index is 0.0186. The molecule has 0 aromatic carbocycles. The Morgan fingerprint density at radius 2 is 2.15 bits per heavy atom. The molecule has 1 fully saturated rings. The molecular weight excluding hydrogens is 324 g/mol. The third-order valence-corrected chi connectivity index (χ3v) is 6.04. The molecule has 1 atom stereocenters. The lowest BCUT2D eigenvalue weighted by Gasteiger charge is -2.28. The maximum Gasteiger partial charge on any atom is 0.250 e. The largest absolute Gasteiger partial charge is 0.390 e. The van der Waals surface area contributed by atoms with E-state index < -0.39 is 16.1 Å². The Labute approximate surface area is 127 Å². The average molecular weight is 341 g/mol. The van der Waals surface area contributed by atoms with Crippen LogP contribution in [0, 0.1) is 0 Å². The number of nitrogens with zero attached hydrogens (tertiary/aromatic N) is 1. The van der Waals surface area contributed by atoms with Gasteiger partial charge in [0.2, 0.25) is 10.0 Å². The highest BCUT2D eigenvalue weighted by Gasteiger charge is 2.20. The van der Waals surface area contributed by atoms with E-state index in [0.717, 1.165) is 24.4 Å². The van der Waals surface area contributed by atoms with Gasteiger partial charge in [0.25, 0.3) is 0 Å². The number of hydrogen-bond donors (Lipinski definition) is 2. The van der Waals surface area contributed by atoms with Gasteiger partial charge >= 0.3 is 0 Å². The molecule has 114 valence electrons. The van der Waals surface area contributed by atoms with Gasteiger partial charge in [-0.3, -0.25) is 4.90 Å². The SMILES string of the molecule is O=S(=O)(NCC(O)CN1CCOCC1)c1ccc(Cl)s1. The summed E-state index contributed by atoms with van der Waals surface area (Å²) in [4.78, 5) is 2.05. The van der Waals surface area contributed by atoms with Crippen LogP contribution in [0.4, 0.5) is 0 Å². The molecule has 0 aliphatic carbocycles. The van der Waals surface area contributed by atoms with Gasteiger partial charge in [0.1, 0.15) is 4.21 Å². The van der Waals surface area contributed by atoms with Crippen LogP contribution in [0.3, 0.4) is 0 Å². The summed E-state index contributed by atoms with van der Waals surface area (Å²) in [6.07, 6.45) is -0.752. The molecule has 0 radical (unpaired) electrons. The maximum atomic E-state index is 11.9. The predicted molar refractivity (Wildman–Crippen MR) is 77.8 cm³/mol. The van der Waals surface area contributed by atoms with Gasteiger partial charge < -0.3 is 9.84 Å². The topological polar surface area (TPSA) is 78.9 Å². The van der Waals surface area contributed by atoms with Crippen molar-refractivity contribution in [1.29, 1.82) is 0 Å². The Morgan fingerprint density at radius 1 is 1.45 bits per heavy atom. The van der Waals surface area contributed by atoms with E-state index in [4.69, 9.17) is 16.3 Å². The molecule has 2 heterocycles. The highest BCUT2D eigenvalue weighted by Crippen LogP contribution is 2.25. The molecule has 0 amide bonds. The number of rotatable bonds is 6. The van der Waals surface area contributed by atoms with E-state index in [-0.39, 0.29) is 10.8 Å². The number of ether oxygens (including phenoxy) is 1. The van der Waals surface area contributed by atoms with Gasteiger partial charge in [-0.15, -0.1) is 11.3 Å². The summed E-state index contributed by atoms with van der Waals surface area (Å²) in [5.41, 5.74) is 0. The van der Waals surface area contributed by atoms with E-state index >= 15 is 0 Å². The molecule has 20 heavy (non-hydrogen) atoms. The fourth-order valence-electron chi connectivity index (χ4n) is 1.87. The van der Waals surface area contributed by atoms with Gasteiger partial charge in [-0.1, -0.05) is 11.6 Å².